The van der Waals surface area contributed by atoms with E-state index in [1.807, 2.05) is 6.07 Å². The van der Waals surface area contributed by atoms with Crippen molar-refractivity contribution >= 4 is 10.8 Å². The lowest BCUT2D eigenvalue weighted by molar-refractivity contribution is 0.320. The Kier molecular flexibility index (Phi) is 4.94. The summed E-state index contributed by atoms with van der Waals surface area (Å²) in [5.74, 6) is 0.949. The summed E-state index contributed by atoms with van der Waals surface area (Å²) in [6.45, 7) is 1.63. The molecule has 0 saturated heterocycles. The molecule has 3 aromatic rings. The average Bonchev–Trinajstić information content (AvgIpc) is 2.54. The maximum Gasteiger partial charge on any atom is 0.119 e. The van der Waals surface area contributed by atoms with E-state index in [4.69, 9.17) is 4.74 Å². The van der Waals surface area contributed by atoms with Gasteiger partial charge >= 0.3 is 0 Å². The Morgan fingerprint density at radius 3 is 2.43 bits per heavy atom. The highest BCUT2D eigenvalue weighted by Gasteiger charge is 2.00. The quantitative estimate of drug-likeness (QED) is 0.664. The van der Waals surface area contributed by atoms with Crippen molar-refractivity contribution in [3.05, 3.63) is 77.9 Å². The number of rotatable bonds is 6. The molecule has 0 fully saturated rings. The highest BCUT2D eigenvalue weighted by molar-refractivity contribution is 5.82. The molecular weight excluding hydrogens is 282 g/mol. The van der Waals surface area contributed by atoms with Crippen LogP contribution in [0.4, 0.5) is 0 Å². The summed E-state index contributed by atoms with van der Waals surface area (Å²) in [5.41, 5.74) is 2.59. The van der Waals surface area contributed by atoms with E-state index in [0.29, 0.717) is 6.61 Å². The average molecular weight is 305 g/mol. The Labute approximate surface area is 138 Å². The second-order valence-electron chi connectivity index (χ2n) is 6.17. The number of hydrogen-bond acceptors (Lipinski definition) is 2. The zero-order valence-corrected chi connectivity index (χ0v) is 13.8. The third kappa shape index (κ3) is 4.33. The van der Waals surface area contributed by atoms with Crippen molar-refractivity contribution in [1.82, 2.24) is 4.90 Å². The molecule has 0 unspecified atom stereocenters. The van der Waals surface area contributed by atoms with Crippen molar-refractivity contribution in [2.75, 3.05) is 20.7 Å². The van der Waals surface area contributed by atoms with Crippen LogP contribution in [0.5, 0.6) is 5.75 Å². The Bertz CT molecular complexity index is 779. The fourth-order valence-corrected chi connectivity index (χ4v) is 2.78. The van der Waals surface area contributed by atoms with E-state index >= 15 is 0 Å². The van der Waals surface area contributed by atoms with Crippen LogP contribution in [0.2, 0.25) is 0 Å². The lowest BCUT2D eigenvalue weighted by Crippen LogP contribution is -2.10. The van der Waals surface area contributed by atoms with E-state index in [1.54, 1.807) is 0 Å². The van der Waals surface area contributed by atoms with Gasteiger partial charge in [-0.15, -0.1) is 0 Å². The number of hydrogen-bond donors (Lipinski definition) is 0. The monoisotopic (exact) mass is 305 g/mol. The Balaban J connectivity index is 1.60. The molecule has 0 N–H and O–H groups in total. The van der Waals surface area contributed by atoms with Crippen molar-refractivity contribution in [2.24, 2.45) is 0 Å². The van der Waals surface area contributed by atoms with Gasteiger partial charge in [0.1, 0.15) is 5.75 Å². The van der Waals surface area contributed by atoms with E-state index in [1.165, 1.54) is 21.9 Å². The minimum atomic E-state index is 0.698. The van der Waals surface area contributed by atoms with E-state index < -0.39 is 0 Å². The van der Waals surface area contributed by atoms with Gasteiger partial charge in [-0.05, 0) is 48.1 Å². The number of fused-ring (bicyclic) bond motifs is 1. The number of nitrogens with zero attached hydrogens (tertiary/aromatic N) is 1. The van der Waals surface area contributed by atoms with Gasteiger partial charge in [0.2, 0.25) is 0 Å². The zero-order valence-electron chi connectivity index (χ0n) is 13.8. The molecule has 3 rings (SSSR count). The van der Waals surface area contributed by atoms with Crippen LogP contribution in [0.25, 0.3) is 10.8 Å². The molecule has 118 valence electrons. The summed E-state index contributed by atoms with van der Waals surface area (Å²) >= 11 is 0. The fourth-order valence-electron chi connectivity index (χ4n) is 2.78. The fraction of sp³-hybridized carbons (Fsp3) is 0.238. The maximum atomic E-state index is 5.93. The molecule has 0 heterocycles. The third-order valence-corrected chi connectivity index (χ3v) is 3.87. The van der Waals surface area contributed by atoms with Crippen molar-refractivity contribution < 1.29 is 4.74 Å². The standard InChI is InChI=1S/C21H23NO/c1-22(2)16-18-6-5-9-21(15-18)23-13-12-17-10-11-19-7-3-4-8-20(19)14-17/h3-11,14-15H,12-13,16H2,1-2H3. The van der Waals surface area contributed by atoms with E-state index in [2.05, 4.69) is 79.7 Å². The molecule has 0 bridgehead atoms. The van der Waals surface area contributed by atoms with Crippen LogP contribution in [-0.4, -0.2) is 25.6 Å². The molecule has 0 amide bonds. The van der Waals surface area contributed by atoms with Crippen LogP contribution in [-0.2, 0) is 13.0 Å². The molecule has 23 heavy (non-hydrogen) atoms. The van der Waals surface area contributed by atoms with Crippen LogP contribution < -0.4 is 4.74 Å². The molecule has 0 saturated carbocycles. The second kappa shape index (κ2) is 7.30. The summed E-state index contributed by atoms with van der Waals surface area (Å²) < 4.78 is 5.93. The predicted molar refractivity (Wildman–Crippen MR) is 97.0 cm³/mol. The number of benzene rings is 3. The normalized spacial score (nSPS) is 11.1. The lowest BCUT2D eigenvalue weighted by atomic mass is 10.1. The zero-order chi connectivity index (χ0) is 16.1. The molecule has 2 nitrogen and oxygen atoms in total. The SMILES string of the molecule is CN(C)Cc1cccc(OCCc2ccc3ccccc3c2)c1. The third-order valence-electron chi connectivity index (χ3n) is 3.87. The largest absolute Gasteiger partial charge is 0.493 e. The molecule has 3 aromatic carbocycles. The first-order valence-electron chi connectivity index (χ1n) is 8.05. The van der Waals surface area contributed by atoms with Gasteiger partial charge in [-0.2, -0.15) is 0 Å². The van der Waals surface area contributed by atoms with Crippen LogP contribution in [0.3, 0.4) is 0 Å². The Morgan fingerprint density at radius 1 is 0.783 bits per heavy atom. The molecule has 0 spiro atoms. The summed E-state index contributed by atoms with van der Waals surface area (Å²) in [7, 11) is 4.15. The van der Waals surface area contributed by atoms with Gasteiger partial charge in [-0.3, -0.25) is 0 Å². The molecule has 0 aliphatic rings. The van der Waals surface area contributed by atoms with Gasteiger partial charge < -0.3 is 9.64 Å². The maximum absolute atomic E-state index is 5.93. The summed E-state index contributed by atoms with van der Waals surface area (Å²) in [6.07, 6.45) is 0.919. The molecule has 2 heteroatoms. The second-order valence-corrected chi connectivity index (χ2v) is 6.17. The summed E-state index contributed by atoms with van der Waals surface area (Å²) in [6, 6.07) is 23.4. The van der Waals surface area contributed by atoms with Crippen molar-refractivity contribution in [3.8, 4) is 5.75 Å². The van der Waals surface area contributed by atoms with Crippen LogP contribution in [0.15, 0.2) is 66.7 Å². The Morgan fingerprint density at radius 2 is 1.61 bits per heavy atom. The first kappa shape index (κ1) is 15.6. The van der Waals surface area contributed by atoms with Gasteiger partial charge in [0.05, 0.1) is 6.61 Å². The first-order valence-corrected chi connectivity index (χ1v) is 8.05. The Hall–Kier alpha value is -2.32. The predicted octanol–water partition coefficient (Wildman–Crippen LogP) is 4.52. The van der Waals surface area contributed by atoms with Crippen molar-refractivity contribution in [1.29, 1.82) is 0 Å². The van der Waals surface area contributed by atoms with Crippen LogP contribution in [0.1, 0.15) is 11.1 Å². The van der Waals surface area contributed by atoms with Gasteiger partial charge in [-0.1, -0.05) is 54.6 Å². The highest BCUT2D eigenvalue weighted by atomic mass is 16.5. The van der Waals surface area contributed by atoms with Crippen molar-refractivity contribution in [2.45, 2.75) is 13.0 Å². The first-order chi connectivity index (χ1) is 11.2. The van der Waals surface area contributed by atoms with Gasteiger partial charge in [0.15, 0.2) is 0 Å². The minimum Gasteiger partial charge on any atom is -0.493 e. The molecule has 0 radical (unpaired) electrons. The van der Waals surface area contributed by atoms with E-state index in [0.717, 1.165) is 18.7 Å². The van der Waals surface area contributed by atoms with E-state index in [9.17, 15) is 0 Å². The summed E-state index contributed by atoms with van der Waals surface area (Å²) in [4.78, 5) is 2.16. The molecule has 0 atom stereocenters. The van der Waals surface area contributed by atoms with Crippen LogP contribution in [0, 0.1) is 0 Å². The van der Waals surface area contributed by atoms with Gasteiger partial charge in [0, 0.05) is 13.0 Å². The summed E-state index contributed by atoms with van der Waals surface area (Å²) in [5, 5.41) is 2.58. The molecular formula is C21H23NO. The van der Waals surface area contributed by atoms with Crippen molar-refractivity contribution in [3.63, 3.8) is 0 Å². The molecule has 0 aliphatic carbocycles. The van der Waals surface area contributed by atoms with Crippen LogP contribution >= 0.6 is 0 Å². The van der Waals surface area contributed by atoms with E-state index in [-0.39, 0.29) is 0 Å². The molecule has 0 aromatic heterocycles. The molecule has 0 aliphatic heterocycles. The lowest BCUT2D eigenvalue weighted by Gasteiger charge is -2.12. The highest BCUT2D eigenvalue weighted by Crippen LogP contribution is 2.17. The smallest absolute Gasteiger partial charge is 0.119 e. The number of ether oxygens (including phenoxy) is 1. The topological polar surface area (TPSA) is 12.5 Å². The van der Waals surface area contributed by atoms with Gasteiger partial charge in [-0.25, -0.2) is 0 Å². The minimum absolute atomic E-state index is 0.698. The van der Waals surface area contributed by atoms with Gasteiger partial charge in [0.25, 0.3) is 0 Å².